The molecule has 0 aliphatic heterocycles. The van der Waals surface area contributed by atoms with Crippen LogP contribution in [0.5, 0.6) is 0 Å². The molecule has 2 N–H and O–H groups in total. The minimum absolute atomic E-state index is 0.296. The summed E-state index contributed by atoms with van der Waals surface area (Å²) in [5, 5.41) is 9.13. The molecule has 19 heavy (non-hydrogen) atoms. The summed E-state index contributed by atoms with van der Waals surface area (Å²) < 4.78 is 2.36. The van der Waals surface area contributed by atoms with E-state index in [0.29, 0.717) is 16.3 Å². The van der Waals surface area contributed by atoms with Gasteiger partial charge in [-0.2, -0.15) is 17.0 Å². The van der Waals surface area contributed by atoms with Gasteiger partial charge in [0.05, 0.1) is 11.1 Å². The van der Waals surface area contributed by atoms with E-state index in [1.165, 1.54) is 19.3 Å². The third-order valence-electron chi connectivity index (χ3n) is 4.07. The van der Waals surface area contributed by atoms with E-state index in [2.05, 4.69) is 21.9 Å². The fraction of sp³-hybridized carbons (Fsp3) is 0.429. The third kappa shape index (κ3) is 1.87. The van der Waals surface area contributed by atoms with Gasteiger partial charge in [0.15, 0.2) is 0 Å². The number of para-hydroxylation sites is 1. The maximum absolute atomic E-state index is 9.13. The van der Waals surface area contributed by atoms with Crippen molar-refractivity contribution in [3.8, 4) is 6.07 Å². The van der Waals surface area contributed by atoms with Gasteiger partial charge in [-0.3, -0.25) is 0 Å². The number of anilines is 1. The van der Waals surface area contributed by atoms with E-state index in [9.17, 15) is 0 Å². The highest BCUT2D eigenvalue weighted by Crippen LogP contribution is 2.45. The first-order chi connectivity index (χ1) is 9.19. The van der Waals surface area contributed by atoms with Gasteiger partial charge in [0.25, 0.3) is 0 Å². The number of nitriles is 1. The van der Waals surface area contributed by atoms with E-state index in [4.69, 9.17) is 11.0 Å². The Hall–Kier alpha value is -1.67. The molecule has 0 amide bonds. The van der Waals surface area contributed by atoms with Crippen molar-refractivity contribution in [3.63, 3.8) is 0 Å². The Morgan fingerprint density at radius 3 is 2.89 bits per heavy atom. The molecule has 0 unspecified atom stereocenters. The molecular formula is C14H16N4S. The second kappa shape index (κ2) is 4.46. The molecule has 0 bridgehead atoms. The fourth-order valence-electron chi connectivity index (χ4n) is 2.71. The Balaban J connectivity index is 2.09. The first-order valence-corrected chi connectivity index (χ1v) is 7.61. The van der Waals surface area contributed by atoms with Crippen LogP contribution in [-0.2, 0) is 6.54 Å². The molecule has 1 aromatic carbocycles. The van der Waals surface area contributed by atoms with Crippen molar-refractivity contribution in [2.75, 3.05) is 12.0 Å². The Kier molecular flexibility index (Phi) is 2.90. The zero-order chi connectivity index (χ0) is 13.5. The van der Waals surface area contributed by atoms with Crippen LogP contribution in [0.3, 0.4) is 0 Å². The topological polar surface area (TPSA) is 67.6 Å². The van der Waals surface area contributed by atoms with Crippen LogP contribution in [0.25, 0.3) is 11.0 Å². The van der Waals surface area contributed by atoms with Gasteiger partial charge in [0.1, 0.15) is 11.6 Å². The van der Waals surface area contributed by atoms with Crippen molar-refractivity contribution in [2.24, 2.45) is 0 Å². The second-order valence-electron chi connectivity index (χ2n) is 5.08. The summed E-state index contributed by atoms with van der Waals surface area (Å²) >= 11 is 1.92. The minimum atomic E-state index is 0.296. The second-order valence-corrected chi connectivity index (χ2v) is 6.36. The van der Waals surface area contributed by atoms with Crippen LogP contribution in [0.15, 0.2) is 18.2 Å². The standard InChI is InChI=1S/C14H16N4S/c1-19-14(6-3-7-14)9-18-11-5-2-4-10(8-15)12(11)17-13(18)16/h2,4-5H,3,6-7,9H2,1H3,(H2,16,17). The van der Waals surface area contributed by atoms with Gasteiger partial charge in [-0.25, -0.2) is 4.98 Å². The zero-order valence-corrected chi connectivity index (χ0v) is 11.7. The highest BCUT2D eigenvalue weighted by molar-refractivity contribution is 8.00. The largest absolute Gasteiger partial charge is 0.369 e. The van der Waals surface area contributed by atoms with E-state index in [1.54, 1.807) is 6.07 Å². The van der Waals surface area contributed by atoms with Crippen molar-refractivity contribution in [1.29, 1.82) is 5.26 Å². The van der Waals surface area contributed by atoms with E-state index in [0.717, 1.165) is 17.6 Å². The predicted molar refractivity (Wildman–Crippen MR) is 79.0 cm³/mol. The summed E-state index contributed by atoms with van der Waals surface area (Å²) in [6.45, 7) is 0.880. The van der Waals surface area contributed by atoms with Crippen molar-refractivity contribution in [2.45, 2.75) is 30.6 Å². The smallest absolute Gasteiger partial charge is 0.201 e. The Bertz CT molecular complexity index is 658. The molecule has 3 rings (SSSR count). The van der Waals surface area contributed by atoms with Gasteiger partial charge in [-0.15, -0.1) is 0 Å². The lowest BCUT2D eigenvalue weighted by molar-refractivity contribution is 0.326. The van der Waals surface area contributed by atoms with Gasteiger partial charge < -0.3 is 10.3 Å². The molecule has 5 heteroatoms. The van der Waals surface area contributed by atoms with Crippen molar-refractivity contribution in [3.05, 3.63) is 23.8 Å². The average Bonchev–Trinajstić information content (AvgIpc) is 2.69. The van der Waals surface area contributed by atoms with Crippen LogP contribution in [0.4, 0.5) is 5.95 Å². The molecule has 1 aromatic heterocycles. The summed E-state index contributed by atoms with van der Waals surface area (Å²) in [6.07, 6.45) is 5.91. The molecule has 98 valence electrons. The third-order valence-corrected chi connectivity index (χ3v) is 5.48. The summed E-state index contributed by atoms with van der Waals surface area (Å²) in [6, 6.07) is 7.85. The van der Waals surface area contributed by atoms with Crippen LogP contribution >= 0.6 is 11.8 Å². The van der Waals surface area contributed by atoms with E-state index in [1.807, 2.05) is 23.9 Å². The number of aromatic nitrogens is 2. The number of imidazole rings is 1. The van der Waals surface area contributed by atoms with Crippen LogP contribution in [-0.4, -0.2) is 20.6 Å². The molecule has 1 fully saturated rings. The summed E-state index contributed by atoms with van der Waals surface area (Å²) in [5.41, 5.74) is 8.33. The molecule has 1 saturated carbocycles. The molecule has 1 aliphatic rings. The average molecular weight is 272 g/mol. The van der Waals surface area contributed by atoms with Gasteiger partial charge in [-0.1, -0.05) is 12.5 Å². The fourth-order valence-corrected chi connectivity index (χ4v) is 3.66. The number of nitrogens with two attached hydrogens (primary N) is 1. The first kappa shape index (κ1) is 12.4. The number of thioether (sulfide) groups is 1. The molecule has 1 aliphatic carbocycles. The zero-order valence-electron chi connectivity index (χ0n) is 10.9. The molecule has 0 atom stereocenters. The van der Waals surface area contributed by atoms with E-state index >= 15 is 0 Å². The lowest BCUT2D eigenvalue weighted by Crippen LogP contribution is -2.38. The molecule has 0 spiro atoms. The molecule has 2 aromatic rings. The van der Waals surface area contributed by atoms with Gasteiger partial charge >= 0.3 is 0 Å². The molecule has 0 saturated heterocycles. The van der Waals surface area contributed by atoms with E-state index < -0.39 is 0 Å². The molecule has 1 heterocycles. The normalized spacial score (nSPS) is 17.1. The van der Waals surface area contributed by atoms with Crippen LogP contribution in [0.2, 0.25) is 0 Å². The molecule has 0 radical (unpaired) electrons. The lowest BCUT2D eigenvalue weighted by Gasteiger charge is -2.40. The van der Waals surface area contributed by atoms with Crippen molar-refractivity contribution >= 4 is 28.7 Å². The van der Waals surface area contributed by atoms with E-state index in [-0.39, 0.29) is 0 Å². The summed E-state index contributed by atoms with van der Waals surface area (Å²) in [7, 11) is 0. The number of nitrogens with zero attached hydrogens (tertiary/aromatic N) is 3. The Morgan fingerprint density at radius 2 is 2.32 bits per heavy atom. The molecule has 4 nitrogen and oxygen atoms in total. The quantitative estimate of drug-likeness (QED) is 0.933. The van der Waals surface area contributed by atoms with Crippen molar-refractivity contribution < 1.29 is 0 Å². The summed E-state index contributed by atoms with van der Waals surface area (Å²) in [5.74, 6) is 0.512. The van der Waals surface area contributed by atoms with Crippen LogP contribution in [0, 0.1) is 11.3 Å². The molecular weight excluding hydrogens is 256 g/mol. The number of benzene rings is 1. The Morgan fingerprint density at radius 1 is 1.53 bits per heavy atom. The van der Waals surface area contributed by atoms with Gasteiger partial charge in [0.2, 0.25) is 5.95 Å². The number of hydrogen-bond acceptors (Lipinski definition) is 4. The SMILES string of the molecule is CSC1(Cn2c(N)nc3c(C#N)cccc32)CCC1. The maximum atomic E-state index is 9.13. The summed E-state index contributed by atoms with van der Waals surface area (Å²) in [4.78, 5) is 4.37. The number of rotatable bonds is 3. The number of hydrogen-bond donors (Lipinski definition) is 1. The number of fused-ring (bicyclic) bond motifs is 1. The monoisotopic (exact) mass is 272 g/mol. The first-order valence-electron chi connectivity index (χ1n) is 6.39. The predicted octanol–water partition coefficient (Wildman–Crippen LogP) is 2.78. The van der Waals surface area contributed by atoms with Gasteiger partial charge in [-0.05, 0) is 31.2 Å². The minimum Gasteiger partial charge on any atom is -0.369 e. The van der Waals surface area contributed by atoms with Crippen LogP contribution < -0.4 is 5.73 Å². The maximum Gasteiger partial charge on any atom is 0.201 e. The van der Waals surface area contributed by atoms with Crippen molar-refractivity contribution in [1.82, 2.24) is 9.55 Å². The Labute approximate surface area is 116 Å². The highest BCUT2D eigenvalue weighted by Gasteiger charge is 2.37. The van der Waals surface area contributed by atoms with Gasteiger partial charge in [0, 0.05) is 11.3 Å². The van der Waals surface area contributed by atoms with Crippen LogP contribution in [0.1, 0.15) is 24.8 Å². The highest BCUT2D eigenvalue weighted by atomic mass is 32.2. The number of nitrogen functional groups attached to an aromatic ring is 1. The lowest BCUT2D eigenvalue weighted by atomic mass is 9.84.